The van der Waals surface area contributed by atoms with Crippen LogP contribution >= 0.6 is 0 Å². The Balaban J connectivity index is 1.66. The molecular formula is C25H29NO5. The first-order chi connectivity index (χ1) is 14.8. The van der Waals surface area contributed by atoms with E-state index in [0.717, 1.165) is 5.56 Å². The first-order valence-electron chi connectivity index (χ1n) is 10.4. The molecule has 0 N–H and O–H groups in total. The summed E-state index contributed by atoms with van der Waals surface area (Å²) in [6, 6.07) is 18.3. The summed E-state index contributed by atoms with van der Waals surface area (Å²) in [4.78, 5) is 26.8. The summed E-state index contributed by atoms with van der Waals surface area (Å²) in [5, 5.41) is 0. The van der Waals surface area contributed by atoms with E-state index in [0.29, 0.717) is 18.8 Å². The summed E-state index contributed by atoms with van der Waals surface area (Å²) in [5.41, 5.74) is 0.887. The highest BCUT2D eigenvalue weighted by atomic mass is 16.6. The molecule has 2 aromatic carbocycles. The molecule has 1 amide bonds. The molecule has 3 rings (SSSR count). The van der Waals surface area contributed by atoms with E-state index >= 15 is 0 Å². The third-order valence-electron chi connectivity index (χ3n) is 4.62. The van der Waals surface area contributed by atoms with Crippen LogP contribution in [0.15, 0.2) is 72.8 Å². The van der Waals surface area contributed by atoms with Gasteiger partial charge in [-0.1, -0.05) is 54.6 Å². The van der Waals surface area contributed by atoms with Crippen LogP contribution in [0.2, 0.25) is 0 Å². The number of hydrogen-bond donors (Lipinski definition) is 0. The highest BCUT2D eigenvalue weighted by Gasteiger charge is 2.33. The van der Waals surface area contributed by atoms with E-state index in [1.165, 1.54) is 0 Å². The molecule has 1 aliphatic rings. The van der Waals surface area contributed by atoms with Gasteiger partial charge in [-0.3, -0.25) is 4.90 Å². The Morgan fingerprint density at radius 2 is 1.61 bits per heavy atom. The van der Waals surface area contributed by atoms with E-state index in [-0.39, 0.29) is 12.6 Å². The lowest BCUT2D eigenvalue weighted by Gasteiger charge is -2.36. The summed E-state index contributed by atoms with van der Waals surface area (Å²) < 4.78 is 17.0. The fourth-order valence-corrected chi connectivity index (χ4v) is 3.15. The molecule has 0 saturated heterocycles. The third kappa shape index (κ3) is 6.96. The highest BCUT2D eigenvalue weighted by molar-refractivity contribution is 5.89. The maximum absolute atomic E-state index is 12.8. The van der Waals surface area contributed by atoms with Gasteiger partial charge in [0, 0.05) is 0 Å². The maximum atomic E-state index is 12.8. The van der Waals surface area contributed by atoms with Crippen molar-refractivity contribution in [3.63, 3.8) is 0 Å². The van der Waals surface area contributed by atoms with Gasteiger partial charge in [0.05, 0.1) is 31.4 Å². The lowest BCUT2D eigenvalue weighted by molar-refractivity contribution is -0.0123. The molecule has 0 unspecified atom stereocenters. The molecule has 1 heterocycles. The molecule has 0 saturated carbocycles. The molecule has 0 radical (unpaired) electrons. The normalized spacial score (nSPS) is 18.5. The van der Waals surface area contributed by atoms with E-state index in [1.54, 1.807) is 35.2 Å². The van der Waals surface area contributed by atoms with Gasteiger partial charge in [-0.15, -0.1) is 0 Å². The van der Waals surface area contributed by atoms with Crippen LogP contribution in [0.1, 0.15) is 36.7 Å². The van der Waals surface area contributed by atoms with Crippen molar-refractivity contribution >= 4 is 12.1 Å². The highest BCUT2D eigenvalue weighted by Crippen LogP contribution is 2.19. The smallest absolute Gasteiger partial charge is 0.411 e. The second kappa shape index (κ2) is 10.3. The monoisotopic (exact) mass is 423 g/mol. The van der Waals surface area contributed by atoms with Gasteiger partial charge in [0.2, 0.25) is 0 Å². The zero-order chi connectivity index (χ0) is 22.3. The molecule has 6 heteroatoms. The van der Waals surface area contributed by atoms with Crippen LogP contribution in [0.5, 0.6) is 0 Å². The van der Waals surface area contributed by atoms with Crippen molar-refractivity contribution in [3.8, 4) is 0 Å². The number of esters is 1. The Labute approximate surface area is 183 Å². The van der Waals surface area contributed by atoms with Crippen molar-refractivity contribution in [3.05, 3.63) is 83.9 Å². The third-order valence-corrected chi connectivity index (χ3v) is 4.62. The SMILES string of the molecule is CC(C)(C)OC(=O)N1C[C@@H](OC(=O)c2ccccc2)C=C[C@@H]1COCc1ccccc1. The van der Waals surface area contributed by atoms with Crippen molar-refractivity contribution in [1.29, 1.82) is 0 Å². The molecule has 6 nitrogen and oxygen atoms in total. The zero-order valence-corrected chi connectivity index (χ0v) is 18.2. The lowest BCUT2D eigenvalue weighted by atomic mass is 10.1. The van der Waals surface area contributed by atoms with Crippen LogP contribution in [0.25, 0.3) is 0 Å². The quantitative estimate of drug-likeness (QED) is 0.502. The molecular weight excluding hydrogens is 394 g/mol. The number of rotatable bonds is 6. The van der Waals surface area contributed by atoms with E-state index in [9.17, 15) is 9.59 Å². The molecule has 1 aliphatic heterocycles. The average molecular weight is 424 g/mol. The Morgan fingerprint density at radius 1 is 0.968 bits per heavy atom. The van der Waals surface area contributed by atoms with Crippen LogP contribution in [0.3, 0.4) is 0 Å². The summed E-state index contributed by atoms with van der Waals surface area (Å²) >= 11 is 0. The lowest BCUT2D eigenvalue weighted by Crippen LogP contribution is -2.50. The topological polar surface area (TPSA) is 65.1 Å². The molecule has 0 fully saturated rings. The van der Waals surface area contributed by atoms with Gasteiger partial charge >= 0.3 is 12.1 Å². The van der Waals surface area contributed by atoms with Crippen LogP contribution in [0, 0.1) is 0 Å². The summed E-state index contributed by atoms with van der Waals surface area (Å²) in [5.74, 6) is -0.432. The van der Waals surface area contributed by atoms with Gasteiger partial charge in [0.15, 0.2) is 0 Å². The molecule has 0 aliphatic carbocycles. The summed E-state index contributed by atoms with van der Waals surface area (Å²) in [6.45, 7) is 6.41. The summed E-state index contributed by atoms with van der Waals surface area (Å²) in [6.07, 6.45) is 2.61. The standard InChI is InChI=1S/C25H29NO5/c1-25(2,3)31-24(28)26-16-22(30-23(27)20-12-8-5-9-13-20)15-14-21(26)18-29-17-19-10-6-4-7-11-19/h4-15,21-22H,16-18H2,1-3H3/t21-,22+/m1/s1. The minimum absolute atomic E-state index is 0.198. The summed E-state index contributed by atoms with van der Waals surface area (Å²) in [7, 11) is 0. The number of nitrogens with zero attached hydrogens (tertiary/aromatic N) is 1. The largest absolute Gasteiger partial charge is 0.453 e. The van der Waals surface area contributed by atoms with E-state index in [1.807, 2.05) is 63.2 Å². The van der Waals surface area contributed by atoms with Crippen molar-refractivity contribution in [2.45, 2.75) is 45.1 Å². The number of carbonyl (C=O) groups is 2. The van der Waals surface area contributed by atoms with E-state index in [4.69, 9.17) is 14.2 Å². The van der Waals surface area contributed by atoms with Gasteiger partial charge in [0.1, 0.15) is 11.7 Å². The number of hydrogen-bond acceptors (Lipinski definition) is 5. The Bertz CT molecular complexity index is 889. The van der Waals surface area contributed by atoms with Crippen LogP contribution in [-0.2, 0) is 20.8 Å². The first kappa shape index (κ1) is 22.6. The first-order valence-corrected chi connectivity index (χ1v) is 10.4. The van der Waals surface area contributed by atoms with Gasteiger partial charge in [-0.05, 0) is 44.5 Å². The molecule has 0 spiro atoms. The van der Waals surface area contributed by atoms with Crippen LogP contribution in [-0.4, -0.2) is 47.9 Å². The van der Waals surface area contributed by atoms with Crippen molar-refractivity contribution in [2.75, 3.05) is 13.2 Å². The number of amides is 1. The van der Waals surface area contributed by atoms with Gasteiger partial charge in [0.25, 0.3) is 0 Å². The van der Waals surface area contributed by atoms with Crippen LogP contribution < -0.4 is 0 Å². The number of ether oxygens (including phenoxy) is 3. The molecule has 0 aromatic heterocycles. The number of carbonyl (C=O) groups excluding carboxylic acids is 2. The Hall–Kier alpha value is -3.12. The van der Waals surface area contributed by atoms with Crippen molar-refractivity contribution in [2.24, 2.45) is 0 Å². The minimum Gasteiger partial charge on any atom is -0.453 e. The molecule has 2 aromatic rings. The Morgan fingerprint density at radius 3 is 2.26 bits per heavy atom. The number of benzene rings is 2. The van der Waals surface area contributed by atoms with Crippen molar-refractivity contribution < 1.29 is 23.8 Å². The zero-order valence-electron chi connectivity index (χ0n) is 18.2. The van der Waals surface area contributed by atoms with Gasteiger partial charge in [-0.25, -0.2) is 9.59 Å². The van der Waals surface area contributed by atoms with Crippen molar-refractivity contribution in [1.82, 2.24) is 4.90 Å². The second-order valence-electron chi connectivity index (χ2n) is 8.40. The maximum Gasteiger partial charge on any atom is 0.411 e. The minimum atomic E-state index is -0.635. The predicted octanol–water partition coefficient (Wildman–Crippen LogP) is 4.60. The fraction of sp³-hybridized carbons (Fsp3) is 0.360. The van der Waals surface area contributed by atoms with E-state index in [2.05, 4.69) is 0 Å². The second-order valence-corrected chi connectivity index (χ2v) is 8.40. The molecule has 31 heavy (non-hydrogen) atoms. The van der Waals surface area contributed by atoms with Crippen LogP contribution in [0.4, 0.5) is 4.79 Å². The molecule has 2 atom stereocenters. The molecule has 0 bridgehead atoms. The molecule has 164 valence electrons. The predicted molar refractivity (Wildman–Crippen MR) is 118 cm³/mol. The fourth-order valence-electron chi connectivity index (χ4n) is 3.15. The van der Waals surface area contributed by atoms with E-state index < -0.39 is 23.8 Å². The Kier molecular flexibility index (Phi) is 7.47. The average Bonchev–Trinajstić information content (AvgIpc) is 2.74. The van der Waals surface area contributed by atoms with Gasteiger partial charge < -0.3 is 14.2 Å². The van der Waals surface area contributed by atoms with Gasteiger partial charge in [-0.2, -0.15) is 0 Å².